The second kappa shape index (κ2) is 3.98. The largest absolute Gasteiger partial charge is 0.509 e. The maximum Gasteiger partial charge on any atom is 0.509 e. The molecule has 0 aromatic rings. The van der Waals surface area contributed by atoms with E-state index in [1.54, 1.807) is 0 Å². The van der Waals surface area contributed by atoms with E-state index in [0.717, 1.165) is 5.06 Å². The highest BCUT2D eigenvalue weighted by Gasteiger charge is 2.59. The van der Waals surface area contributed by atoms with Crippen LogP contribution in [0, 0.1) is 0 Å². The number of carbonyl (C=O) groups excluding carboxylic acids is 2. The second-order valence-electron chi connectivity index (χ2n) is 4.97. The number of fused-ring (bicyclic) bond motifs is 1. The van der Waals surface area contributed by atoms with Crippen molar-refractivity contribution >= 4 is 12.1 Å². The number of hydrogen-bond acceptors (Lipinski definition) is 5. The van der Waals surface area contributed by atoms with Gasteiger partial charge in [0.2, 0.25) is 5.91 Å². The van der Waals surface area contributed by atoms with E-state index in [9.17, 15) is 14.8 Å². The average Bonchev–Trinajstić information content (AvgIpc) is 2.69. The zero-order chi connectivity index (χ0) is 12.8. The van der Waals surface area contributed by atoms with Gasteiger partial charge in [0, 0.05) is 19.3 Å². The van der Waals surface area contributed by atoms with Crippen LogP contribution in [0.2, 0.25) is 0 Å². The summed E-state index contributed by atoms with van der Waals surface area (Å²) in [7, 11) is 0. The highest BCUT2D eigenvalue weighted by Crippen LogP contribution is 2.43. The Balaban J connectivity index is 1.94. The third-order valence-electron chi connectivity index (χ3n) is 3.99. The maximum absolute atomic E-state index is 11.6. The van der Waals surface area contributed by atoms with Crippen LogP contribution < -0.4 is 0 Å². The molecule has 0 spiro atoms. The molecule has 6 nitrogen and oxygen atoms in total. The van der Waals surface area contributed by atoms with Gasteiger partial charge in [-0.1, -0.05) is 12.2 Å². The van der Waals surface area contributed by atoms with Crippen molar-refractivity contribution in [3.05, 3.63) is 12.2 Å². The highest BCUT2D eigenvalue weighted by atomic mass is 16.8. The summed E-state index contributed by atoms with van der Waals surface area (Å²) in [6.07, 6.45) is 5.37. The van der Waals surface area contributed by atoms with Crippen molar-refractivity contribution in [3.8, 4) is 0 Å². The number of carbonyl (C=O) groups is 2. The Hall–Kier alpha value is -1.56. The summed E-state index contributed by atoms with van der Waals surface area (Å²) < 4.78 is 10.5. The summed E-state index contributed by atoms with van der Waals surface area (Å²) in [6, 6.07) is -0.514. The Morgan fingerprint density at radius 1 is 1.39 bits per heavy atom. The van der Waals surface area contributed by atoms with Gasteiger partial charge in [0.15, 0.2) is 11.7 Å². The van der Waals surface area contributed by atoms with Crippen molar-refractivity contribution in [2.75, 3.05) is 0 Å². The predicted octanol–water partition coefficient (Wildman–Crippen LogP) is 1.38. The number of nitrogens with zero attached hydrogens (tertiary/aromatic N) is 1. The highest BCUT2D eigenvalue weighted by molar-refractivity contribution is 5.76. The SMILES string of the molecule is O=C1O[C@H]2CC=CC[C@@]2([C@H]2CCCC(=O)N2O)O1. The Morgan fingerprint density at radius 3 is 3.06 bits per heavy atom. The number of piperidine rings is 1. The van der Waals surface area contributed by atoms with E-state index < -0.39 is 23.9 Å². The van der Waals surface area contributed by atoms with Gasteiger partial charge in [0.1, 0.15) is 6.04 Å². The minimum Gasteiger partial charge on any atom is -0.426 e. The molecule has 18 heavy (non-hydrogen) atoms. The van der Waals surface area contributed by atoms with Crippen LogP contribution >= 0.6 is 0 Å². The summed E-state index contributed by atoms with van der Waals surface area (Å²) >= 11 is 0. The van der Waals surface area contributed by atoms with Crippen LogP contribution in [-0.2, 0) is 14.3 Å². The molecule has 6 heteroatoms. The Bertz CT molecular complexity index is 421. The summed E-state index contributed by atoms with van der Waals surface area (Å²) in [5.74, 6) is -0.322. The second-order valence-corrected chi connectivity index (χ2v) is 4.97. The van der Waals surface area contributed by atoms with Crippen LogP contribution in [-0.4, -0.2) is 40.1 Å². The molecule has 2 saturated heterocycles. The lowest BCUT2D eigenvalue weighted by molar-refractivity contribution is -0.207. The lowest BCUT2D eigenvalue weighted by Gasteiger charge is -2.43. The van der Waals surface area contributed by atoms with Gasteiger partial charge in [-0.3, -0.25) is 10.0 Å². The number of rotatable bonds is 1. The normalized spacial score (nSPS) is 39.3. The van der Waals surface area contributed by atoms with Gasteiger partial charge in [0.05, 0.1) is 0 Å². The van der Waals surface area contributed by atoms with E-state index in [1.807, 2.05) is 12.2 Å². The smallest absolute Gasteiger partial charge is 0.426 e. The lowest BCUT2D eigenvalue weighted by Crippen LogP contribution is -2.60. The zero-order valence-corrected chi connectivity index (χ0v) is 9.87. The molecule has 0 saturated carbocycles. The third kappa shape index (κ3) is 1.52. The van der Waals surface area contributed by atoms with Crippen molar-refractivity contribution < 1.29 is 24.3 Å². The van der Waals surface area contributed by atoms with Crippen LogP contribution in [0.3, 0.4) is 0 Å². The predicted molar refractivity (Wildman–Crippen MR) is 58.7 cm³/mol. The average molecular weight is 253 g/mol. The van der Waals surface area contributed by atoms with E-state index >= 15 is 0 Å². The molecule has 3 aliphatic rings. The molecule has 0 unspecified atom stereocenters. The van der Waals surface area contributed by atoms with E-state index in [0.29, 0.717) is 32.1 Å². The number of ether oxygens (including phenoxy) is 2. The van der Waals surface area contributed by atoms with E-state index in [2.05, 4.69) is 0 Å². The summed E-state index contributed by atoms with van der Waals surface area (Å²) in [4.78, 5) is 23.0. The van der Waals surface area contributed by atoms with Gasteiger partial charge >= 0.3 is 6.16 Å². The Morgan fingerprint density at radius 2 is 2.22 bits per heavy atom. The molecule has 0 aromatic heterocycles. The van der Waals surface area contributed by atoms with Gasteiger partial charge in [-0.15, -0.1) is 0 Å². The fourth-order valence-electron chi connectivity index (χ4n) is 3.10. The minimum absolute atomic E-state index is 0.322. The molecule has 3 rings (SSSR count). The van der Waals surface area contributed by atoms with Gasteiger partial charge in [0.25, 0.3) is 0 Å². The summed E-state index contributed by atoms with van der Waals surface area (Å²) in [5, 5.41) is 10.7. The minimum atomic E-state index is -0.920. The molecule has 0 radical (unpaired) electrons. The molecule has 2 aliphatic heterocycles. The summed E-state index contributed by atoms with van der Waals surface area (Å²) in [5.41, 5.74) is -0.920. The van der Waals surface area contributed by atoms with Gasteiger partial charge < -0.3 is 9.47 Å². The fourth-order valence-corrected chi connectivity index (χ4v) is 3.10. The van der Waals surface area contributed by atoms with Gasteiger partial charge in [-0.05, 0) is 12.8 Å². The van der Waals surface area contributed by atoms with Gasteiger partial charge in [-0.25, -0.2) is 9.86 Å². The first-order valence-corrected chi connectivity index (χ1v) is 6.19. The molecular formula is C12H15NO5. The standard InChI is InChI=1S/C12H15NO5/c14-10-6-3-4-8(13(10)16)12-7-2-1-5-9(12)17-11(15)18-12/h1-2,8-9,16H,3-7H2/t8-,9+,12+/m1/s1. The van der Waals surface area contributed by atoms with Crippen molar-refractivity contribution in [1.82, 2.24) is 5.06 Å². The molecule has 98 valence electrons. The molecule has 1 N–H and O–H groups in total. The number of hydrogen-bond donors (Lipinski definition) is 1. The van der Waals surface area contributed by atoms with Crippen LogP contribution in [0.25, 0.3) is 0 Å². The van der Waals surface area contributed by atoms with Gasteiger partial charge in [-0.2, -0.15) is 0 Å². The number of hydroxylamine groups is 2. The topological polar surface area (TPSA) is 76.1 Å². The van der Waals surface area contributed by atoms with Crippen molar-refractivity contribution in [3.63, 3.8) is 0 Å². The van der Waals surface area contributed by atoms with Crippen LogP contribution in [0.5, 0.6) is 0 Å². The molecule has 2 heterocycles. The first kappa shape index (κ1) is 11.5. The van der Waals surface area contributed by atoms with Crippen molar-refractivity contribution in [1.29, 1.82) is 0 Å². The molecule has 0 bridgehead atoms. The Kier molecular flexibility index (Phi) is 2.55. The molecular weight excluding hydrogens is 238 g/mol. The molecule has 1 aliphatic carbocycles. The molecule has 2 fully saturated rings. The quantitative estimate of drug-likeness (QED) is 0.434. The lowest BCUT2D eigenvalue weighted by atomic mass is 9.77. The van der Waals surface area contributed by atoms with Crippen LogP contribution in [0.1, 0.15) is 32.1 Å². The first-order chi connectivity index (χ1) is 8.63. The molecule has 1 amide bonds. The number of amides is 1. The monoisotopic (exact) mass is 253 g/mol. The Labute approximate surface area is 104 Å². The van der Waals surface area contributed by atoms with Crippen molar-refractivity contribution in [2.24, 2.45) is 0 Å². The third-order valence-corrected chi connectivity index (χ3v) is 3.99. The molecule has 0 aromatic carbocycles. The van der Waals surface area contributed by atoms with Crippen LogP contribution in [0.4, 0.5) is 4.79 Å². The van der Waals surface area contributed by atoms with E-state index in [-0.39, 0.29) is 5.91 Å². The van der Waals surface area contributed by atoms with Crippen LogP contribution in [0.15, 0.2) is 12.2 Å². The maximum atomic E-state index is 11.6. The van der Waals surface area contributed by atoms with E-state index in [1.165, 1.54) is 0 Å². The van der Waals surface area contributed by atoms with Crippen molar-refractivity contribution in [2.45, 2.75) is 49.9 Å². The van der Waals surface area contributed by atoms with E-state index in [4.69, 9.17) is 9.47 Å². The fraction of sp³-hybridized carbons (Fsp3) is 0.667. The summed E-state index contributed by atoms with van der Waals surface area (Å²) in [6.45, 7) is 0. The molecule has 3 atom stereocenters. The zero-order valence-electron chi connectivity index (χ0n) is 9.87. The first-order valence-electron chi connectivity index (χ1n) is 6.19.